The second kappa shape index (κ2) is 5.69. The van der Waals surface area contributed by atoms with Gasteiger partial charge in [-0.15, -0.1) is 0 Å². The number of hydrogen-bond donors (Lipinski definition) is 1. The van der Waals surface area contributed by atoms with Crippen molar-refractivity contribution in [2.75, 3.05) is 12.8 Å². The maximum absolute atomic E-state index is 5.71. The molecule has 1 atom stereocenters. The Labute approximate surface area is 109 Å². The average molecular weight is 240 g/mol. The summed E-state index contributed by atoms with van der Waals surface area (Å²) in [6.45, 7) is 3.17. The predicted molar refractivity (Wildman–Crippen MR) is 77.2 cm³/mol. The zero-order valence-electron chi connectivity index (χ0n) is 11.0. The molecule has 1 unspecified atom stereocenters. The minimum Gasteiger partial charge on any atom is -0.399 e. The lowest BCUT2D eigenvalue weighted by atomic mass is 10.1. The van der Waals surface area contributed by atoms with Gasteiger partial charge in [-0.05, 0) is 37.2 Å². The summed E-state index contributed by atoms with van der Waals surface area (Å²) in [7, 11) is 2.15. The van der Waals surface area contributed by atoms with E-state index in [-0.39, 0.29) is 0 Å². The third-order valence-electron chi connectivity index (χ3n) is 3.35. The van der Waals surface area contributed by atoms with E-state index >= 15 is 0 Å². The highest BCUT2D eigenvalue weighted by Crippen LogP contribution is 2.21. The van der Waals surface area contributed by atoms with E-state index in [1.807, 2.05) is 18.2 Å². The molecule has 0 bridgehead atoms. The Morgan fingerprint density at radius 1 is 1.00 bits per heavy atom. The monoisotopic (exact) mass is 240 g/mol. The normalized spacial score (nSPS) is 12.6. The Morgan fingerprint density at radius 3 is 2.22 bits per heavy atom. The summed E-state index contributed by atoms with van der Waals surface area (Å²) in [5.74, 6) is 0. The molecule has 2 nitrogen and oxygen atoms in total. The summed E-state index contributed by atoms with van der Waals surface area (Å²) >= 11 is 0. The molecule has 0 fully saturated rings. The van der Waals surface area contributed by atoms with Gasteiger partial charge < -0.3 is 5.73 Å². The van der Waals surface area contributed by atoms with Crippen molar-refractivity contribution in [3.05, 3.63) is 65.7 Å². The highest BCUT2D eigenvalue weighted by atomic mass is 15.1. The maximum Gasteiger partial charge on any atom is 0.0320 e. The molecule has 0 radical (unpaired) electrons. The standard InChI is InChI=1S/C16H20N2/c1-13(15-8-10-16(17)11-9-15)18(2)12-14-6-4-3-5-7-14/h3-11,13H,12,17H2,1-2H3. The fourth-order valence-electron chi connectivity index (χ4n) is 2.04. The van der Waals surface area contributed by atoms with Crippen LogP contribution in [0.5, 0.6) is 0 Å². The first-order valence-electron chi connectivity index (χ1n) is 6.26. The SMILES string of the molecule is CC(c1ccc(N)cc1)N(C)Cc1ccccc1. The van der Waals surface area contributed by atoms with Gasteiger partial charge in [-0.1, -0.05) is 42.5 Å². The molecule has 2 heteroatoms. The molecule has 2 aromatic rings. The van der Waals surface area contributed by atoms with Crippen LogP contribution in [0.2, 0.25) is 0 Å². The van der Waals surface area contributed by atoms with Gasteiger partial charge in [-0.2, -0.15) is 0 Å². The summed E-state index contributed by atoms with van der Waals surface area (Å²) in [6.07, 6.45) is 0. The average Bonchev–Trinajstić information content (AvgIpc) is 2.40. The van der Waals surface area contributed by atoms with Crippen LogP contribution in [-0.2, 0) is 6.54 Å². The van der Waals surface area contributed by atoms with Crippen molar-refractivity contribution in [1.29, 1.82) is 0 Å². The van der Waals surface area contributed by atoms with Gasteiger partial charge in [0.1, 0.15) is 0 Å². The van der Waals surface area contributed by atoms with Gasteiger partial charge in [0.15, 0.2) is 0 Å². The van der Waals surface area contributed by atoms with Crippen LogP contribution < -0.4 is 5.73 Å². The fourth-order valence-corrected chi connectivity index (χ4v) is 2.04. The van der Waals surface area contributed by atoms with E-state index in [0.717, 1.165) is 12.2 Å². The molecule has 0 aliphatic heterocycles. The molecule has 0 heterocycles. The van der Waals surface area contributed by atoms with Gasteiger partial charge in [0.2, 0.25) is 0 Å². The Kier molecular flexibility index (Phi) is 4.00. The first kappa shape index (κ1) is 12.7. The van der Waals surface area contributed by atoms with Crippen LogP contribution in [-0.4, -0.2) is 11.9 Å². The number of nitrogens with two attached hydrogens (primary N) is 1. The molecule has 2 rings (SSSR count). The van der Waals surface area contributed by atoms with Crippen LogP contribution >= 0.6 is 0 Å². The molecule has 0 aromatic heterocycles. The van der Waals surface area contributed by atoms with E-state index in [9.17, 15) is 0 Å². The van der Waals surface area contributed by atoms with Crippen LogP contribution in [0.1, 0.15) is 24.1 Å². The molecule has 0 aliphatic carbocycles. The summed E-state index contributed by atoms with van der Waals surface area (Å²) in [5.41, 5.74) is 9.16. The number of nitrogen functional groups attached to an aromatic ring is 1. The Balaban J connectivity index is 2.05. The second-order valence-electron chi connectivity index (χ2n) is 4.74. The van der Waals surface area contributed by atoms with E-state index < -0.39 is 0 Å². The minimum atomic E-state index is 0.380. The van der Waals surface area contributed by atoms with Crippen LogP contribution in [0, 0.1) is 0 Å². The fraction of sp³-hybridized carbons (Fsp3) is 0.250. The maximum atomic E-state index is 5.71. The molecule has 2 aromatic carbocycles. The zero-order valence-corrected chi connectivity index (χ0v) is 11.0. The van der Waals surface area contributed by atoms with Gasteiger partial charge in [-0.3, -0.25) is 4.90 Å². The third kappa shape index (κ3) is 3.11. The molecular weight excluding hydrogens is 220 g/mol. The van der Waals surface area contributed by atoms with Crippen molar-refractivity contribution >= 4 is 5.69 Å². The van der Waals surface area contributed by atoms with Crippen molar-refractivity contribution < 1.29 is 0 Å². The summed E-state index contributed by atoms with van der Waals surface area (Å²) in [6, 6.07) is 19.0. The van der Waals surface area contributed by atoms with Gasteiger partial charge in [0.25, 0.3) is 0 Å². The van der Waals surface area contributed by atoms with Crippen LogP contribution in [0.3, 0.4) is 0 Å². The van der Waals surface area contributed by atoms with E-state index in [0.29, 0.717) is 6.04 Å². The van der Waals surface area contributed by atoms with E-state index in [1.54, 1.807) is 0 Å². The molecule has 0 saturated carbocycles. The Bertz CT molecular complexity index is 476. The summed E-state index contributed by atoms with van der Waals surface area (Å²) < 4.78 is 0. The first-order chi connectivity index (χ1) is 8.66. The van der Waals surface area contributed by atoms with Crippen molar-refractivity contribution in [2.45, 2.75) is 19.5 Å². The number of hydrogen-bond acceptors (Lipinski definition) is 2. The van der Waals surface area contributed by atoms with Crippen molar-refractivity contribution in [2.24, 2.45) is 0 Å². The van der Waals surface area contributed by atoms with E-state index in [4.69, 9.17) is 5.73 Å². The van der Waals surface area contributed by atoms with Crippen LogP contribution in [0.15, 0.2) is 54.6 Å². The number of benzene rings is 2. The number of nitrogens with zero attached hydrogens (tertiary/aromatic N) is 1. The third-order valence-corrected chi connectivity index (χ3v) is 3.35. The van der Waals surface area contributed by atoms with E-state index in [1.165, 1.54) is 11.1 Å². The highest BCUT2D eigenvalue weighted by Gasteiger charge is 2.11. The minimum absolute atomic E-state index is 0.380. The number of rotatable bonds is 4. The lowest BCUT2D eigenvalue weighted by molar-refractivity contribution is 0.253. The molecule has 18 heavy (non-hydrogen) atoms. The highest BCUT2D eigenvalue weighted by molar-refractivity contribution is 5.40. The molecule has 0 aliphatic rings. The van der Waals surface area contributed by atoms with Gasteiger partial charge in [-0.25, -0.2) is 0 Å². The topological polar surface area (TPSA) is 29.3 Å². The molecular formula is C16H20N2. The largest absolute Gasteiger partial charge is 0.399 e. The van der Waals surface area contributed by atoms with Crippen LogP contribution in [0.4, 0.5) is 5.69 Å². The molecule has 0 spiro atoms. The molecule has 0 amide bonds. The lowest BCUT2D eigenvalue weighted by Crippen LogP contribution is -2.21. The molecule has 2 N–H and O–H groups in total. The zero-order chi connectivity index (χ0) is 13.0. The quantitative estimate of drug-likeness (QED) is 0.829. The summed E-state index contributed by atoms with van der Waals surface area (Å²) in [5, 5.41) is 0. The molecule has 0 saturated heterocycles. The first-order valence-corrected chi connectivity index (χ1v) is 6.26. The molecule has 94 valence electrons. The Morgan fingerprint density at radius 2 is 1.61 bits per heavy atom. The van der Waals surface area contributed by atoms with Gasteiger partial charge >= 0.3 is 0 Å². The lowest BCUT2D eigenvalue weighted by Gasteiger charge is -2.25. The van der Waals surface area contributed by atoms with Crippen molar-refractivity contribution in [3.63, 3.8) is 0 Å². The Hall–Kier alpha value is -1.80. The van der Waals surface area contributed by atoms with Crippen molar-refractivity contribution in [3.8, 4) is 0 Å². The van der Waals surface area contributed by atoms with Gasteiger partial charge in [0.05, 0.1) is 0 Å². The second-order valence-corrected chi connectivity index (χ2v) is 4.74. The summed E-state index contributed by atoms with van der Waals surface area (Å²) in [4.78, 5) is 2.33. The smallest absolute Gasteiger partial charge is 0.0320 e. The van der Waals surface area contributed by atoms with Crippen LogP contribution in [0.25, 0.3) is 0 Å². The van der Waals surface area contributed by atoms with Crippen molar-refractivity contribution in [1.82, 2.24) is 4.90 Å². The van der Waals surface area contributed by atoms with Gasteiger partial charge in [0, 0.05) is 18.3 Å². The number of anilines is 1. The van der Waals surface area contributed by atoms with E-state index in [2.05, 4.69) is 55.3 Å². The predicted octanol–water partition coefficient (Wildman–Crippen LogP) is 3.46.